The first-order valence-corrected chi connectivity index (χ1v) is 11.0. The van der Waals surface area contributed by atoms with E-state index >= 15 is 0 Å². The van der Waals surface area contributed by atoms with Gasteiger partial charge in [-0.1, -0.05) is 11.6 Å². The highest BCUT2D eigenvalue weighted by Gasteiger charge is 2.20. The Kier molecular flexibility index (Phi) is 6.64. The number of Topliss-reactive ketones (excluding diaryl/α,β-unsaturated/α-hetero) is 1. The molecule has 0 spiro atoms. The number of nitrogens with one attached hydrogen (secondary N) is 2. The number of aromatic nitrogens is 4. The van der Waals surface area contributed by atoms with Gasteiger partial charge in [0.2, 0.25) is 5.91 Å². The van der Waals surface area contributed by atoms with E-state index < -0.39 is 11.9 Å². The van der Waals surface area contributed by atoms with Crippen LogP contribution in [0.3, 0.4) is 0 Å². The molecule has 168 valence electrons. The summed E-state index contributed by atoms with van der Waals surface area (Å²) >= 11 is 6.04. The Morgan fingerprint density at radius 3 is 2.97 bits per heavy atom. The van der Waals surface area contributed by atoms with Crippen LogP contribution in [0.25, 0.3) is 22.4 Å². The number of ketones is 1. The fraction of sp³-hybridized carbons (Fsp3) is 0.409. The van der Waals surface area contributed by atoms with Crippen LogP contribution in [0.15, 0.2) is 24.7 Å². The summed E-state index contributed by atoms with van der Waals surface area (Å²) < 4.78 is 14.4. The van der Waals surface area contributed by atoms with Crippen molar-refractivity contribution in [2.75, 3.05) is 18.4 Å². The Labute approximate surface area is 189 Å². The molecule has 2 N–H and O–H groups in total. The minimum Gasteiger partial charge on any atom is -0.358 e. The lowest BCUT2D eigenvalue weighted by Crippen LogP contribution is -2.28. The third-order valence-electron chi connectivity index (χ3n) is 5.59. The van der Waals surface area contributed by atoms with Gasteiger partial charge in [-0.05, 0) is 32.3 Å². The molecule has 1 atom stereocenters. The summed E-state index contributed by atoms with van der Waals surface area (Å²) in [5, 5.41) is 4.05. The Balaban J connectivity index is 1.38. The highest BCUT2D eigenvalue weighted by atomic mass is 35.5. The first kappa shape index (κ1) is 22.1. The van der Waals surface area contributed by atoms with Gasteiger partial charge in [-0.25, -0.2) is 19.3 Å². The molecule has 0 aromatic carbocycles. The molecule has 1 amide bonds. The average Bonchev–Trinajstić information content (AvgIpc) is 3.38. The topological polar surface area (TPSA) is 104 Å². The number of aromatic amines is 1. The molecule has 32 heavy (non-hydrogen) atoms. The predicted molar refractivity (Wildman–Crippen MR) is 120 cm³/mol. The molecule has 3 aromatic heterocycles. The predicted octanol–water partition coefficient (Wildman–Crippen LogP) is 3.97. The molecule has 0 bridgehead atoms. The maximum Gasteiger partial charge on any atom is 0.222 e. The summed E-state index contributed by atoms with van der Waals surface area (Å²) in [6.45, 7) is 3.17. The standard InChI is InChI=1S/C22H24ClFN6O2/c1-13(18(31)5-2-3-7-30-8-4-6-19(30)32)28-22-17(24)12-27-21(29-22)16-11-26-20-15(16)9-14(23)10-25-20/h9-13H,2-8H2,1H3,(H,25,26)(H,27,28,29)/t13-/m0/s1. The van der Waals surface area contributed by atoms with Gasteiger partial charge in [-0.3, -0.25) is 9.59 Å². The number of anilines is 1. The zero-order chi connectivity index (χ0) is 22.7. The summed E-state index contributed by atoms with van der Waals surface area (Å²) in [6, 6.07) is 1.12. The number of pyridine rings is 1. The number of fused-ring (bicyclic) bond motifs is 1. The number of amides is 1. The molecule has 1 fully saturated rings. The van der Waals surface area contributed by atoms with Crippen LogP contribution in [-0.4, -0.2) is 55.7 Å². The van der Waals surface area contributed by atoms with Crippen molar-refractivity contribution >= 4 is 40.1 Å². The lowest BCUT2D eigenvalue weighted by molar-refractivity contribution is -0.127. The van der Waals surface area contributed by atoms with Crippen molar-refractivity contribution in [2.45, 2.75) is 45.1 Å². The second-order valence-corrected chi connectivity index (χ2v) is 8.35. The fourth-order valence-corrected chi connectivity index (χ4v) is 3.96. The zero-order valence-corrected chi connectivity index (χ0v) is 18.5. The first-order chi connectivity index (χ1) is 15.4. The van der Waals surface area contributed by atoms with E-state index in [0.717, 1.165) is 31.0 Å². The SMILES string of the molecule is C[C@H](Nc1nc(-c2c[nH]c3ncc(Cl)cc23)ncc1F)C(=O)CCCCN1CCCC1=O. The molecule has 0 radical (unpaired) electrons. The molecule has 3 aromatic rings. The van der Waals surface area contributed by atoms with E-state index in [-0.39, 0.29) is 17.5 Å². The van der Waals surface area contributed by atoms with E-state index in [9.17, 15) is 14.0 Å². The average molecular weight is 459 g/mol. The third-order valence-corrected chi connectivity index (χ3v) is 5.80. The van der Waals surface area contributed by atoms with Gasteiger partial charge in [0.05, 0.1) is 17.3 Å². The van der Waals surface area contributed by atoms with Gasteiger partial charge in [-0.2, -0.15) is 0 Å². The van der Waals surface area contributed by atoms with Crippen molar-refractivity contribution in [3.63, 3.8) is 0 Å². The minimum atomic E-state index is -0.642. The van der Waals surface area contributed by atoms with Gasteiger partial charge in [0.15, 0.2) is 23.2 Å². The molecule has 4 rings (SSSR count). The number of rotatable bonds is 9. The quantitative estimate of drug-likeness (QED) is 0.470. The maximum absolute atomic E-state index is 14.4. The van der Waals surface area contributed by atoms with Crippen LogP contribution in [0, 0.1) is 5.82 Å². The third kappa shape index (κ3) is 4.88. The Morgan fingerprint density at radius 1 is 1.34 bits per heavy atom. The van der Waals surface area contributed by atoms with E-state index in [4.69, 9.17) is 11.6 Å². The summed E-state index contributed by atoms with van der Waals surface area (Å²) in [4.78, 5) is 41.6. The molecule has 1 aliphatic rings. The normalized spacial score (nSPS) is 14.8. The molecule has 10 heteroatoms. The molecule has 1 saturated heterocycles. The number of unbranched alkanes of at least 4 members (excludes halogenated alkanes) is 1. The van der Waals surface area contributed by atoms with E-state index in [1.54, 1.807) is 19.2 Å². The molecule has 1 aliphatic heterocycles. The van der Waals surface area contributed by atoms with Gasteiger partial charge in [-0.15, -0.1) is 0 Å². The Hall–Kier alpha value is -3.07. The van der Waals surface area contributed by atoms with Crippen LogP contribution in [0.1, 0.15) is 39.0 Å². The summed E-state index contributed by atoms with van der Waals surface area (Å²) in [5.41, 5.74) is 1.25. The molecular weight excluding hydrogens is 435 g/mol. The van der Waals surface area contributed by atoms with E-state index in [2.05, 4.69) is 25.3 Å². The number of carbonyl (C=O) groups is 2. The number of hydrogen-bond acceptors (Lipinski definition) is 6. The number of likely N-dealkylation sites (tertiary alicyclic amines) is 1. The van der Waals surface area contributed by atoms with Gasteiger partial charge in [0, 0.05) is 49.3 Å². The summed E-state index contributed by atoms with van der Waals surface area (Å²) in [5.74, 6) is -0.242. The molecular formula is C22H24ClFN6O2. The van der Waals surface area contributed by atoms with Crippen molar-refractivity contribution in [2.24, 2.45) is 0 Å². The molecule has 8 nitrogen and oxygen atoms in total. The van der Waals surface area contributed by atoms with Crippen molar-refractivity contribution < 1.29 is 14.0 Å². The largest absolute Gasteiger partial charge is 0.358 e. The number of H-pyrrole nitrogens is 1. The van der Waals surface area contributed by atoms with Gasteiger partial charge in [0.1, 0.15) is 5.65 Å². The molecule has 0 unspecified atom stereocenters. The second kappa shape index (κ2) is 9.60. The Morgan fingerprint density at radius 2 is 2.19 bits per heavy atom. The lowest BCUT2D eigenvalue weighted by atomic mass is 10.1. The zero-order valence-electron chi connectivity index (χ0n) is 17.7. The molecule has 4 heterocycles. The molecule has 0 saturated carbocycles. The van der Waals surface area contributed by atoms with Crippen LogP contribution in [0.2, 0.25) is 5.02 Å². The first-order valence-electron chi connectivity index (χ1n) is 10.6. The second-order valence-electron chi connectivity index (χ2n) is 7.92. The molecule has 0 aliphatic carbocycles. The van der Waals surface area contributed by atoms with Crippen LogP contribution in [0.5, 0.6) is 0 Å². The van der Waals surface area contributed by atoms with Gasteiger partial charge < -0.3 is 15.2 Å². The van der Waals surface area contributed by atoms with Crippen LogP contribution in [-0.2, 0) is 9.59 Å². The number of carbonyl (C=O) groups excluding carboxylic acids is 2. The minimum absolute atomic E-state index is 0.0390. The number of halogens is 2. The van der Waals surface area contributed by atoms with E-state index in [1.807, 2.05) is 4.90 Å². The van der Waals surface area contributed by atoms with Crippen LogP contribution < -0.4 is 5.32 Å². The highest BCUT2D eigenvalue weighted by Crippen LogP contribution is 2.28. The number of nitrogens with zero attached hydrogens (tertiary/aromatic N) is 4. The summed E-state index contributed by atoms with van der Waals surface area (Å²) in [6.07, 6.45) is 7.61. The van der Waals surface area contributed by atoms with Crippen molar-refractivity contribution in [3.05, 3.63) is 35.5 Å². The van der Waals surface area contributed by atoms with Crippen molar-refractivity contribution in [1.29, 1.82) is 0 Å². The van der Waals surface area contributed by atoms with Crippen molar-refractivity contribution in [3.8, 4) is 11.4 Å². The highest BCUT2D eigenvalue weighted by molar-refractivity contribution is 6.31. The maximum atomic E-state index is 14.4. The van der Waals surface area contributed by atoms with Gasteiger partial charge >= 0.3 is 0 Å². The van der Waals surface area contributed by atoms with Gasteiger partial charge in [0.25, 0.3) is 0 Å². The summed E-state index contributed by atoms with van der Waals surface area (Å²) in [7, 11) is 0. The monoisotopic (exact) mass is 458 g/mol. The van der Waals surface area contributed by atoms with Crippen LogP contribution >= 0.6 is 11.6 Å². The fourth-order valence-electron chi connectivity index (χ4n) is 3.81. The number of hydrogen-bond donors (Lipinski definition) is 2. The lowest BCUT2D eigenvalue weighted by Gasteiger charge is -2.16. The van der Waals surface area contributed by atoms with Crippen molar-refractivity contribution in [1.82, 2.24) is 24.8 Å². The van der Waals surface area contributed by atoms with E-state index in [1.165, 1.54) is 6.20 Å². The smallest absolute Gasteiger partial charge is 0.222 e. The van der Waals surface area contributed by atoms with Crippen LogP contribution in [0.4, 0.5) is 10.2 Å². The Bertz CT molecular complexity index is 1150. The van der Waals surface area contributed by atoms with E-state index in [0.29, 0.717) is 47.9 Å².